The summed E-state index contributed by atoms with van der Waals surface area (Å²) >= 11 is 0. The van der Waals surface area contributed by atoms with Crippen LogP contribution in [0.2, 0.25) is 0 Å². The first kappa shape index (κ1) is 11.3. The average molecular weight is 190 g/mol. The molecule has 0 heterocycles. The third kappa shape index (κ3) is 2.00. The largest absolute Gasteiger partial charge is 0.0651 e. The number of rotatable bonds is 3. The lowest BCUT2D eigenvalue weighted by molar-refractivity contribution is 0.882. The molecule has 1 aromatic carbocycles. The fourth-order valence-corrected chi connectivity index (χ4v) is 2.30. The van der Waals surface area contributed by atoms with Crippen LogP contribution in [0.25, 0.3) is 0 Å². The Bertz CT molecular complexity index is 321. The first-order valence-corrected chi connectivity index (χ1v) is 5.70. The fraction of sp³-hybridized carbons (Fsp3) is 0.571. The van der Waals surface area contributed by atoms with Crippen LogP contribution in [-0.4, -0.2) is 0 Å². The normalized spacial score (nSPS) is 10.6. The molecular formula is C14H22. The highest BCUT2D eigenvalue weighted by Gasteiger charge is 2.08. The summed E-state index contributed by atoms with van der Waals surface area (Å²) < 4.78 is 0. The maximum Gasteiger partial charge on any atom is -0.0276 e. The molecule has 0 N–H and O–H groups in total. The second-order valence-corrected chi connectivity index (χ2v) is 4.20. The predicted octanol–water partition coefficient (Wildman–Crippen LogP) is 4.13. The molecule has 0 aliphatic carbocycles. The van der Waals surface area contributed by atoms with Crippen molar-refractivity contribution in [1.29, 1.82) is 0 Å². The topological polar surface area (TPSA) is 0 Å². The molecule has 0 spiro atoms. The SMILES string of the molecule is CCCc1c(C)cc(C)c(C)c1CC. The van der Waals surface area contributed by atoms with Gasteiger partial charge in [0.1, 0.15) is 0 Å². The van der Waals surface area contributed by atoms with E-state index in [2.05, 4.69) is 40.7 Å². The summed E-state index contributed by atoms with van der Waals surface area (Å²) in [7, 11) is 0. The molecule has 14 heavy (non-hydrogen) atoms. The highest BCUT2D eigenvalue weighted by molar-refractivity contribution is 5.44. The summed E-state index contributed by atoms with van der Waals surface area (Å²) in [5, 5.41) is 0. The van der Waals surface area contributed by atoms with Crippen molar-refractivity contribution in [3.63, 3.8) is 0 Å². The van der Waals surface area contributed by atoms with Gasteiger partial charge in [0.25, 0.3) is 0 Å². The first-order valence-electron chi connectivity index (χ1n) is 5.70. The van der Waals surface area contributed by atoms with Crippen molar-refractivity contribution in [2.75, 3.05) is 0 Å². The summed E-state index contributed by atoms with van der Waals surface area (Å²) in [6.07, 6.45) is 3.65. The summed E-state index contributed by atoms with van der Waals surface area (Å²) in [6, 6.07) is 2.33. The van der Waals surface area contributed by atoms with Crippen LogP contribution < -0.4 is 0 Å². The smallest absolute Gasteiger partial charge is 0.0276 e. The molecule has 0 aromatic heterocycles. The molecule has 0 aliphatic rings. The lowest BCUT2D eigenvalue weighted by Crippen LogP contribution is -2.01. The molecule has 0 bridgehead atoms. The molecule has 1 rings (SSSR count). The zero-order valence-electron chi connectivity index (χ0n) is 10.2. The minimum Gasteiger partial charge on any atom is -0.0651 e. The van der Waals surface area contributed by atoms with Gasteiger partial charge in [-0.15, -0.1) is 0 Å². The van der Waals surface area contributed by atoms with Crippen molar-refractivity contribution < 1.29 is 0 Å². The summed E-state index contributed by atoms with van der Waals surface area (Å²) in [5.74, 6) is 0. The molecule has 0 heteroatoms. The van der Waals surface area contributed by atoms with Crippen molar-refractivity contribution in [1.82, 2.24) is 0 Å². The fourth-order valence-electron chi connectivity index (χ4n) is 2.30. The Morgan fingerprint density at radius 1 is 0.929 bits per heavy atom. The van der Waals surface area contributed by atoms with Crippen LogP contribution in [0.15, 0.2) is 6.07 Å². The Morgan fingerprint density at radius 2 is 1.57 bits per heavy atom. The van der Waals surface area contributed by atoms with Gasteiger partial charge < -0.3 is 0 Å². The lowest BCUT2D eigenvalue weighted by atomic mass is 9.90. The second kappa shape index (κ2) is 4.63. The number of hydrogen-bond donors (Lipinski definition) is 0. The number of hydrogen-bond acceptors (Lipinski definition) is 0. The molecule has 78 valence electrons. The molecule has 0 atom stereocenters. The Balaban J connectivity index is 3.31. The van der Waals surface area contributed by atoms with Crippen molar-refractivity contribution in [2.45, 2.75) is 53.9 Å². The van der Waals surface area contributed by atoms with Crippen molar-refractivity contribution >= 4 is 0 Å². The Labute approximate surface area is 88.4 Å². The zero-order valence-corrected chi connectivity index (χ0v) is 10.2. The van der Waals surface area contributed by atoms with Crippen LogP contribution in [0, 0.1) is 20.8 Å². The van der Waals surface area contributed by atoms with Gasteiger partial charge in [-0.2, -0.15) is 0 Å². The van der Waals surface area contributed by atoms with E-state index in [1.165, 1.54) is 36.0 Å². The lowest BCUT2D eigenvalue weighted by Gasteiger charge is -2.16. The molecular weight excluding hydrogens is 168 g/mol. The second-order valence-electron chi connectivity index (χ2n) is 4.20. The van der Waals surface area contributed by atoms with Crippen LogP contribution >= 0.6 is 0 Å². The third-order valence-corrected chi connectivity index (χ3v) is 3.17. The van der Waals surface area contributed by atoms with E-state index < -0.39 is 0 Å². The molecule has 0 amide bonds. The predicted molar refractivity (Wildman–Crippen MR) is 64.0 cm³/mol. The third-order valence-electron chi connectivity index (χ3n) is 3.17. The van der Waals surface area contributed by atoms with E-state index in [0.717, 1.165) is 0 Å². The highest BCUT2D eigenvalue weighted by atomic mass is 14.1. The van der Waals surface area contributed by atoms with Gasteiger partial charge in [0.2, 0.25) is 0 Å². The zero-order chi connectivity index (χ0) is 10.7. The van der Waals surface area contributed by atoms with Crippen molar-refractivity contribution in [3.05, 3.63) is 33.9 Å². The number of aryl methyl sites for hydroxylation is 2. The minimum absolute atomic E-state index is 1.17. The highest BCUT2D eigenvalue weighted by Crippen LogP contribution is 2.23. The van der Waals surface area contributed by atoms with Crippen LogP contribution in [0.5, 0.6) is 0 Å². The summed E-state index contributed by atoms with van der Waals surface area (Å²) in [5.41, 5.74) is 7.61. The van der Waals surface area contributed by atoms with E-state index >= 15 is 0 Å². The Morgan fingerprint density at radius 3 is 2.07 bits per heavy atom. The first-order chi connectivity index (χ1) is 6.61. The van der Waals surface area contributed by atoms with E-state index in [0.29, 0.717) is 0 Å². The van der Waals surface area contributed by atoms with Crippen molar-refractivity contribution in [2.24, 2.45) is 0 Å². The van der Waals surface area contributed by atoms with Gasteiger partial charge in [-0.1, -0.05) is 26.3 Å². The molecule has 0 radical (unpaired) electrons. The van der Waals surface area contributed by atoms with Crippen LogP contribution in [-0.2, 0) is 12.8 Å². The monoisotopic (exact) mass is 190 g/mol. The van der Waals surface area contributed by atoms with Crippen LogP contribution in [0.1, 0.15) is 48.1 Å². The van der Waals surface area contributed by atoms with E-state index in [4.69, 9.17) is 0 Å². The quantitative estimate of drug-likeness (QED) is 0.672. The molecule has 1 aromatic rings. The molecule has 0 fully saturated rings. The van der Waals surface area contributed by atoms with Gasteiger partial charge >= 0.3 is 0 Å². The molecule has 0 saturated carbocycles. The van der Waals surface area contributed by atoms with Crippen LogP contribution in [0.4, 0.5) is 0 Å². The van der Waals surface area contributed by atoms with Gasteiger partial charge in [-0.25, -0.2) is 0 Å². The van der Waals surface area contributed by atoms with Crippen molar-refractivity contribution in [3.8, 4) is 0 Å². The van der Waals surface area contributed by atoms with E-state index in [9.17, 15) is 0 Å². The van der Waals surface area contributed by atoms with Gasteiger partial charge in [0.15, 0.2) is 0 Å². The molecule has 0 nitrogen and oxygen atoms in total. The molecule has 0 unspecified atom stereocenters. The standard InChI is InChI=1S/C14H22/c1-6-8-14-11(4)9-10(3)12(5)13(14)7-2/h9H,6-8H2,1-5H3. The van der Waals surface area contributed by atoms with E-state index in [1.54, 1.807) is 11.1 Å². The van der Waals surface area contributed by atoms with Gasteiger partial charge in [0, 0.05) is 0 Å². The maximum atomic E-state index is 2.33. The Kier molecular flexibility index (Phi) is 3.74. The minimum atomic E-state index is 1.17. The van der Waals surface area contributed by atoms with Crippen LogP contribution in [0.3, 0.4) is 0 Å². The summed E-state index contributed by atoms with van der Waals surface area (Å²) in [4.78, 5) is 0. The number of benzene rings is 1. The maximum absolute atomic E-state index is 2.33. The molecule has 0 saturated heterocycles. The van der Waals surface area contributed by atoms with E-state index in [-0.39, 0.29) is 0 Å². The molecule has 0 aliphatic heterocycles. The van der Waals surface area contributed by atoms with E-state index in [1.807, 2.05) is 0 Å². The van der Waals surface area contributed by atoms with Gasteiger partial charge in [-0.05, 0) is 61.4 Å². The average Bonchev–Trinajstić information content (AvgIpc) is 2.15. The summed E-state index contributed by atoms with van der Waals surface area (Å²) in [6.45, 7) is 11.2. The van der Waals surface area contributed by atoms with Gasteiger partial charge in [0.05, 0.1) is 0 Å². The van der Waals surface area contributed by atoms with Gasteiger partial charge in [-0.3, -0.25) is 0 Å². The Hall–Kier alpha value is -0.780.